The van der Waals surface area contributed by atoms with Crippen LogP contribution in [0.3, 0.4) is 0 Å². The van der Waals surface area contributed by atoms with E-state index in [0.717, 1.165) is 28.6 Å². The number of aliphatic hydroxyl groups excluding tert-OH is 1. The van der Waals surface area contributed by atoms with Crippen molar-refractivity contribution >= 4 is 22.8 Å². The fraction of sp³-hybridized carbons (Fsp3) is 0.308. The van der Waals surface area contributed by atoms with Crippen molar-refractivity contribution in [1.29, 1.82) is 0 Å². The summed E-state index contributed by atoms with van der Waals surface area (Å²) in [4.78, 5) is 21.3. The molecule has 0 radical (unpaired) electrons. The molecule has 2 aromatic carbocycles. The number of anilines is 1. The zero-order valence-corrected chi connectivity index (χ0v) is 19.3. The Bertz CT molecular complexity index is 1420. The number of nitrogen functional groups attached to an aromatic ring is 1. The lowest BCUT2D eigenvalue weighted by Gasteiger charge is -2.14. The minimum absolute atomic E-state index is 0.116. The Morgan fingerprint density at radius 2 is 1.94 bits per heavy atom. The standard InChI is InChI=1S/C26H26N6O3/c1-35-21-5-3-2-4-16(21)26(34)28-12-14-6-8-15(9-7-14)23-22-24(27)29-13-30-25(22)32(31-23)19-11-20(33)18-10-17(18)19/h2-9,13,17-20,33H,10-12H2,1H3,(H,28,34)(H2,27,29,30). The molecule has 2 heterocycles. The number of aliphatic hydroxyl groups is 1. The van der Waals surface area contributed by atoms with Crippen LogP contribution in [0.2, 0.25) is 0 Å². The number of nitrogens with one attached hydrogen (secondary N) is 1. The summed E-state index contributed by atoms with van der Waals surface area (Å²) in [6.07, 6.45) is 2.89. The number of para-hydroxylation sites is 1. The minimum atomic E-state index is -0.280. The molecule has 4 atom stereocenters. The van der Waals surface area contributed by atoms with Gasteiger partial charge in [-0.25, -0.2) is 14.6 Å². The van der Waals surface area contributed by atoms with E-state index >= 15 is 0 Å². The second-order valence-electron chi connectivity index (χ2n) is 9.26. The average Bonchev–Trinajstić information content (AvgIpc) is 3.49. The normalized spacial score (nSPS) is 22.7. The molecule has 9 nitrogen and oxygen atoms in total. The molecule has 178 valence electrons. The van der Waals surface area contributed by atoms with Crippen molar-refractivity contribution in [1.82, 2.24) is 25.1 Å². The first kappa shape index (κ1) is 21.5. The lowest BCUT2D eigenvalue weighted by molar-refractivity contribution is 0.0948. The largest absolute Gasteiger partial charge is 0.496 e. The number of fused-ring (bicyclic) bond motifs is 2. The topological polar surface area (TPSA) is 128 Å². The van der Waals surface area contributed by atoms with Crippen molar-refractivity contribution in [3.63, 3.8) is 0 Å². The van der Waals surface area contributed by atoms with Crippen molar-refractivity contribution in [2.45, 2.75) is 31.5 Å². The summed E-state index contributed by atoms with van der Waals surface area (Å²) in [5.41, 5.74) is 10.0. The summed E-state index contributed by atoms with van der Waals surface area (Å²) in [6.45, 7) is 0.376. The maximum absolute atomic E-state index is 12.6. The lowest BCUT2D eigenvalue weighted by atomic mass is 10.1. The van der Waals surface area contributed by atoms with Gasteiger partial charge in [-0.05, 0) is 42.4 Å². The highest BCUT2D eigenvalue weighted by Gasteiger charge is 2.55. The van der Waals surface area contributed by atoms with Crippen LogP contribution in [0, 0.1) is 11.8 Å². The molecule has 4 unspecified atom stereocenters. The fourth-order valence-corrected chi connectivity index (χ4v) is 5.32. The quantitative estimate of drug-likeness (QED) is 0.395. The number of rotatable bonds is 6. The van der Waals surface area contributed by atoms with Crippen LogP contribution in [0.25, 0.3) is 22.3 Å². The number of benzene rings is 2. The number of carbonyl (C=O) groups is 1. The zero-order valence-electron chi connectivity index (χ0n) is 19.3. The van der Waals surface area contributed by atoms with Gasteiger partial charge in [-0.15, -0.1) is 0 Å². The number of nitrogens with two attached hydrogens (primary N) is 1. The second-order valence-corrected chi connectivity index (χ2v) is 9.26. The van der Waals surface area contributed by atoms with Gasteiger partial charge in [0.1, 0.15) is 23.6 Å². The van der Waals surface area contributed by atoms with Crippen LogP contribution in [-0.2, 0) is 6.54 Å². The average molecular weight is 471 g/mol. The van der Waals surface area contributed by atoms with Gasteiger partial charge in [0.05, 0.1) is 30.2 Å². The van der Waals surface area contributed by atoms with Crippen LogP contribution in [0.15, 0.2) is 54.9 Å². The van der Waals surface area contributed by atoms with Crippen LogP contribution >= 0.6 is 0 Å². The van der Waals surface area contributed by atoms with E-state index in [9.17, 15) is 9.90 Å². The molecular formula is C26H26N6O3. The molecule has 2 aliphatic rings. The van der Waals surface area contributed by atoms with E-state index in [1.54, 1.807) is 25.3 Å². The number of aromatic nitrogens is 4. The third-order valence-corrected chi connectivity index (χ3v) is 7.23. The third-order valence-electron chi connectivity index (χ3n) is 7.23. The predicted molar refractivity (Wildman–Crippen MR) is 131 cm³/mol. The summed E-state index contributed by atoms with van der Waals surface area (Å²) in [5.74, 6) is 1.53. The molecule has 1 amide bonds. The molecule has 4 N–H and O–H groups in total. The van der Waals surface area contributed by atoms with Crippen LogP contribution in [0.4, 0.5) is 5.82 Å². The maximum atomic E-state index is 12.6. The molecular weight excluding hydrogens is 444 g/mol. The zero-order chi connectivity index (χ0) is 24.1. The van der Waals surface area contributed by atoms with Gasteiger partial charge in [0.25, 0.3) is 5.91 Å². The number of hydrogen-bond donors (Lipinski definition) is 3. The summed E-state index contributed by atoms with van der Waals surface area (Å²) >= 11 is 0. The van der Waals surface area contributed by atoms with Gasteiger partial charge in [0.15, 0.2) is 5.65 Å². The summed E-state index contributed by atoms with van der Waals surface area (Å²) in [7, 11) is 1.55. The molecule has 0 bridgehead atoms. The smallest absolute Gasteiger partial charge is 0.255 e. The molecule has 2 aliphatic carbocycles. The molecule has 4 aromatic rings. The van der Waals surface area contributed by atoms with Gasteiger partial charge >= 0.3 is 0 Å². The number of hydrogen-bond acceptors (Lipinski definition) is 7. The first-order chi connectivity index (χ1) is 17.0. The highest BCUT2D eigenvalue weighted by Crippen LogP contribution is 2.58. The second kappa shape index (κ2) is 8.35. The third kappa shape index (κ3) is 3.68. The lowest BCUT2D eigenvalue weighted by Crippen LogP contribution is -2.23. The molecule has 2 fully saturated rings. The van der Waals surface area contributed by atoms with Crippen LogP contribution in [0.5, 0.6) is 5.75 Å². The molecule has 6 rings (SSSR count). The number of nitrogens with zero attached hydrogens (tertiary/aromatic N) is 4. The van der Waals surface area contributed by atoms with Gasteiger partial charge in [-0.2, -0.15) is 5.10 Å². The number of ether oxygens (including phenoxy) is 1. The predicted octanol–water partition coefficient (Wildman–Crippen LogP) is 2.96. The van der Waals surface area contributed by atoms with Crippen molar-refractivity contribution in [3.05, 3.63) is 66.0 Å². The number of methoxy groups -OCH3 is 1. The highest BCUT2D eigenvalue weighted by atomic mass is 16.5. The Morgan fingerprint density at radius 1 is 1.14 bits per heavy atom. The van der Waals surface area contributed by atoms with E-state index in [1.165, 1.54) is 6.33 Å². The Labute approximate surface area is 202 Å². The summed E-state index contributed by atoms with van der Waals surface area (Å²) in [6, 6.07) is 15.1. The van der Waals surface area contributed by atoms with Gasteiger partial charge in [0.2, 0.25) is 0 Å². The molecule has 35 heavy (non-hydrogen) atoms. The van der Waals surface area contributed by atoms with Crippen molar-refractivity contribution < 1.29 is 14.6 Å². The van der Waals surface area contributed by atoms with E-state index in [2.05, 4.69) is 15.3 Å². The minimum Gasteiger partial charge on any atom is -0.496 e. The Kier molecular flexibility index (Phi) is 5.14. The monoisotopic (exact) mass is 470 g/mol. The van der Waals surface area contributed by atoms with E-state index < -0.39 is 0 Å². The number of amides is 1. The van der Waals surface area contributed by atoms with Crippen LogP contribution in [0.1, 0.15) is 34.8 Å². The summed E-state index contributed by atoms with van der Waals surface area (Å²) < 4.78 is 7.21. The van der Waals surface area contributed by atoms with Crippen molar-refractivity contribution in [2.24, 2.45) is 11.8 Å². The molecule has 0 saturated heterocycles. The van der Waals surface area contributed by atoms with Gasteiger partial charge in [-0.3, -0.25) is 4.79 Å². The van der Waals surface area contributed by atoms with Gasteiger partial charge < -0.3 is 20.9 Å². The Hall–Kier alpha value is -3.98. The molecule has 0 spiro atoms. The SMILES string of the molecule is COc1ccccc1C(=O)NCc1ccc(-c2nn(C3CC(O)C4CC43)c3ncnc(N)c23)cc1. The highest BCUT2D eigenvalue weighted by molar-refractivity contribution is 5.98. The van der Waals surface area contributed by atoms with Crippen molar-refractivity contribution in [3.8, 4) is 17.0 Å². The van der Waals surface area contributed by atoms with Crippen molar-refractivity contribution in [2.75, 3.05) is 12.8 Å². The first-order valence-corrected chi connectivity index (χ1v) is 11.7. The van der Waals surface area contributed by atoms with E-state index in [4.69, 9.17) is 15.6 Å². The van der Waals surface area contributed by atoms with Crippen LogP contribution in [-0.4, -0.2) is 44.0 Å². The van der Waals surface area contributed by atoms with E-state index in [0.29, 0.717) is 47.6 Å². The summed E-state index contributed by atoms with van der Waals surface area (Å²) in [5, 5.41) is 18.9. The van der Waals surface area contributed by atoms with Gasteiger partial charge in [-0.1, -0.05) is 36.4 Å². The maximum Gasteiger partial charge on any atom is 0.255 e. The molecule has 2 aromatic heterocycles. The molecule has 9 heteroatoms. The first-order valence-electron chi connectivity index (χ1n) is 11.7. The van der Waals surface area contributed by atoms with Gasteiger partial charge in [0, 0.05) is 12.1 Å². The van der Waals surface area contributed by atoms with Crippen LogP contribution < -0.4 is 15.8 Å². The molecule has 0 aliphatic heterocycles. The fourth-order valence-electron chi connectivity index (χ4n) is 5.32. The Balaban J connectivity index is 1.25. The number of carbonyl (C=O) groups excluding carboxylic acids is 1. The Morgan fingerprint density at radius 3 is 2.66 bits per heavy atom. The van der Waals surface area contributed by atoms with E-state index in [1.807, 2.05) is 35.0 Å². The molecule has 2 saturated carbocycles. The van der Waals surface area contributed by atoms with E-state index in [-0.39, 0.29) is 18.1 Å².